The van der Waals surface area contributed by atoms with Crippen LogP contribution in [0.4, 0.5) is 0 Å². The molecule has 5 unspecified atom stereocenters. The molecule has 13 nitrogen and oxygen atoms in total. The van der Waals surface area contributed by atoms with Crippen molar-refractivity contribution in [1.82, 2.24) is 24.6 Å². The molecule has 0 spiro atoms. The number of hydrogen-bond donors (Lipinski definition) is 3. The first kappa shape index (κ1) is 30.8. The standard InChI is InChI=1S/C27H35ClN5O8P/c1-15-21-25(30-13-29-15)33(14-31-21)26-23(35)22(34)24(39-26)17(3)40-42(37,41-20-11-9-18(28)10-12-20)32-16(2)27(36)38-19-7-5-4-6-8-19/h9-14,16-17,19,22-24,26,34-35H,4-8H2,1-3H3,(H,32,37)/t16?,17?,22-,23+,24?,26?,42?/m0/s1. The summed E-state index contributed by atoms with van der Waals surface area (Å²) in [5.41, 5.74) is 1.58. The molecule has 2 aliphatic rings. The Morgan fingerprint density at radius 2 is 1.83 bits per heavy atom. The van der Waals surface area contributed by atoms with Gasteiger partial charge in [-0.1, -0.05) is 18.0 Å². The lowest BCUT2D eigenvalue weighted by atomic mass is 9.98. The molecule has 3 heterocycles. The lowest BCUT2D eigenvalue weighted by Crippen LogP contribution is -2.41. The minimum Gasteiger partial charge on any atom is -0.461 e. The number of ether oxygens (including phenoxy) is 2. The van der Waals surface area contributed by atoms with Gasteiger partial charge in [0.15, 0.2) is 11.9 Å². The molecule has 5 rings (SSSR count). The van der Waals surface area contributed by atoms with Crippen molar-refractivity contribution in [3.05, 3.63) is 47.6 Å². The maximum atomic E-state index is 14.1. The molecule has 42 heavy (non-hydrogen) atoms. The number of rotatable bonds is 10. The zero-order valence-electron chi connectivity index (χ0n) is 23.5. The second-order valence-electron chi connectivity index (χ2n) is 10.7. The Balaban J connectivity index is 1.33. The number of nitrogens with one attached hydrogen (secondary N) is 1. The van der Waals surface area contributed by atoms with Crippen molar-refractivity contribution >= 4 is 36.5 Å². The van der Waals surface area contributed by atoms with E-state index in [2.05, 4.69) is 20.0 Å². The third kappa shape index (κ3) is 6.78. The van der Waals surface area contributed by atoms with Gasteiger partial charge in [0.25, 0.3) is 0 Å². The highest BCUT2D eigenvalue weighted by atomic mass is 35.5. The number of carbonyl (C=O) groups excluding carboxylic acids is 1. The van der Waals surface area contributed by atoms with E-state index in [0.717, 1.165) is 32.1 Å². The van der Waals surface area contributed by atoms with Crippen molar-refractivity contribution in [1.29, 1.82) is 0 Å². The van der Waals surface area contributed by atoms with Crippen LogP contribution < -0.4 is 9.61 Å². The fourth-order valence-corrected chi connectivity index (χ4v) is 7.01. The number of nitrogens with zero attached hydrogens (tertiary/aromatic N) is 4. The summed E-state index contributed by atoms with van der Waals surface area (Å²) >= 11 is 5.99. The molecule has 15 heteroatoms. The van der Waals surface area contributed by atoms with Gasteiger partial charge in [-0.05, 0) is 70.7 Å². The smallest absolute Gasteiger partial charge is 0.459 e. The topological polar surface area (TPSA) is 167 Å². The number of esters is 1. The number of benzene rings is 1. The maximum absolute atomic E-state index is 14.1. The van der Waals surface area contributed by atoms with Gasteiger partial charge in [0, 0.05) is 5.02 Å². The van der Waals surface area contributed by atoms with Crippen molar-refractivity contribution in [3.8, 4) is 5.75 Å². The second-order valence-corrected chi connectivity index (χ2v) is 12.7. The Bertz CT molecular complexity index is 1440. The van der Waals surface area contributed by atoms with Crippen molar-refractivity contribution in [3.63, 3.8) is 0 Å². The predicted octanol–water partition coefficient (Wildman–Crippen LogP) is 3.85. The van der Waals surface area contributed by atoms with E-state index in [1.54, 1.807) is 19.1 Å². The third-order valence-corrected chi connectivity index (χ3v) is 9.46. The average molecular weight is 624 g/mol. The van der Waals surface area contributed by atoms with E-state index in [1.165, 1.54) is 43.2 Å². The van der Waals surface area contributed by atoms with Crippen LogP contribution in [0.5, 0.6) is 5.75 Å². The Kier molecular flexibility index (Phi) is 9.48. The molecular weight excluding hydrogens is 589 g/mol. The Labute approximate surface area is 248 Å². The first-order chi connectivity index (χ1) is 20.0. The fraction of sp³-hybridized carbons (Fsp3) is 0.556. The minimum atomic E-state index is -4.31. The van der Waals surface area contributed by atoms with Crippen LogP contribution in [-0.4, -0.2) is 72.3 Å². The van der Waals surface area contributed by atoms with Crippen molar-refractivity contribution in [2.24, 2.45) is 0 Å². The summed E-state index contributed by atoms with van der Waals surface area (Å²) in [6, 6.07) is 5.06. The van der Waals surface area contributed by atoms with E-state index in [0.29, 0.717) is 21.9 Å². The number of carbonyl (C=O) groups is 1. The number of aliphatic hydroxyl groups is 2. The molecule has 2 aromatic heterocycles. The number of aryl methyl sites for hydroxylation is 1. The highest BCUT2D eigenvalue weighted by molar-refractivity contribution is 7.52. The quantitative estimate of drug-likeness (QED) is 0.221. The van der Waals surface area contributed by atoms with Gasteiger partial charge in [0.2, 0.25) is 0 Å². The zero-order valence-corrected chi connectivity index (χ0v) is 25.1. The summed E-state index contributed by atoms with van der Waals surface area (Å²) in [5.74, 6) is -0.420. The first-order valence-electron chi connectivity index (χ1n) is 13.9. The van der Waals surface area contributed by atoms with Crippen LogP contribution in [0, 0.1) is 6.92 Å². The third-order valence-electron chi connectivity index (χ3n) is 7.44. The number of aromatic nitrogens is 4. The molecule has 2 fully saturated rings. The molecule has 1 aromatic carbocycles. The predicted molar refractivity (Wildman–Crippen MR) is 152 cm³/mol. The molecule has 3 N–H and O–H groups in total. The number of aliphatic hydroxyl groups excluding tert-OH is 2. The minimum absolute atomic E-state index is 0.168. The van der Waals surface area contributed by atoms with E-state index < -0.39 is 50.4 Å². The van der Waals surface area contributed by atoms with E-state index >= 15 is 0 Å². The highest BCUT2D eigenvalue weighted by Gasteiger charge is 2.49. The van der Waals surface area contributed by atoms with Crippen LogP contribution in [0.2, 0.25) is 5.02 Å². The summed E-state index contributed by atoms with van der Waals surface area (Å²) in [6.45, 7) is 4.80. The normalized spacial score (nSPS) is 26.0. The van der Waals surface area contributed by atoms with Gasteiger partial charge in [-0.25, -0.2) is 19.5 Å². The molecular formula is C27H35ClN5O8P. The average Bonchev–Trinajstić information content (AvgIpc) is 3.52. The van der Waals surface area contributed by atoms with Crippen LogP contribution in [0.1, 0.15) is 57.9 Å². The second kappa shape index (κ2) is 12.9. The zero-order chi connectivity index (χ0) is 30.0. The molecule has 228 valence electrons. The van der Waals surface area contributed by atoms with Gasteiger partial charge in [0.05, 0.1) is 18.1 Å². The van der Waals surface area contributed by atoms with Gasteiger partial charge < -0.3 is 24.2 Å². The van der Waals surface area contributed by atoms with Crippen LogP contribution >= 0.6 is 19.3 Å². The van der Waals surface area contributed by atoms with E-state index in [4.69, 9.17) is 30.1 Å². The Morgan fingerprint density at radius 1 is 1.12 bits per heavy atom. The summed E-state index contributed by atoms with van der Waals surface area (Å²) in [6.07, 6.45) is 1.14. The molecule has 0 radical (unpaired) electrons. The van der Waals surface area contributed by atoms with Gasteiger partial charge >= 0.3 is 13.7 Å². The molecule has 7 atom stereocenters. The lowest BCUT2D eigenvalue weighted by Gasteiger charge is -2.29. The van der Waals surface area contributed by atoms with E-state index in [9.17, 15) is 19.6 Å². The first-order valence-corrected chi connectivity index (χ1v) is 15.8. The van der Waals surface area contributed by atoms with Crippen molar-refractivity contribution < 1.29 is 38.1 Å². The highest BCUT2D eigenvalue weighted by Crippen LogP contribution is 2.48. The summed E-state index contributed by atoms with van der Waals surface area (Å²) in [4.78, 5) is 25.5. The van der Waals surface area contributed by atoms with E-state index in [-0.39, 0.29) is 11.9 Å². The van der Waals surface area contributed by atoms with Crippen LogP contribution in [0.15, 0.2) is 36.9 Å². The van der Waals surface area contributed by atoms with Gasteiger partial charge in [-0.2, -0.15) is 5.09 Å². The Hall–Kier alpha value is -2.64. The van der Waals surface area contributed by atoms with Crippen LogP contribution in [0.3, 0.4) is 0 Å². The monoisotopic (exact) mass is 623 g/mol. The summed E-state index contributed by atoms with van der Waals surface area (Å²) < 4.78 is 38.9. The summed E-state index contributed by atoms with van der Waals surface area (Å²) in [7, 11) is -4.31. The SMILES string of the molecule is Cc1ncnc2c1ncn2C1OC(C(C)OP(=O)(NC(C)C(=O)OC2CCCCC2)Oc2ccc(Cl)cc2)[C@@H](O)[C@H]1O. The molecule has 0 amide bonds. The molecule has 1 aliphatic heterocycles. The Morgan fingerprint density at radius 3 is 2.55 bits per heavy atom. The lowest BCUT2D eigenvalue weighted by molar-refractivity contribution is -0.152. The van der Waals surface area contributed by atoms with Crippen molar-refractivity contribution in [2.45, 2.75) is 95.7 Å². The largest absolute Gasteiger partial charge is 0.461 e. The summed E-state index contributed by atoms with van der Waals surface area (Å²) in [5, 5.41) is 24.9. The maximum Gasteiger partial charge on any atom is 0.459 e. The molecule has 3 aromatic rings. The fourth-order valence-electron chi connectivity index (χ4n) is 5.19. The number of imidazole rings is 1. The molecule has 1 saturated heterocycles. The van der Waals surface area contributed by atoms with Gasteiger partial charge in [-0.3, -0.25) is 13.9 Å². The van der Waals surface area contributed by atoms with Gasteiger partial charge in [-0.15, -0.1) is 0 Å². The van der Waals surface area contributed by atoms with E-state index in [1.807, 2.05) is 0 Å². The number of hydrogen-bond acceptors (Lipinski definition) is 11. The number of fused-ring (bicyclic) bond motifs is 1. The molecule has 0 bridgehead atoms. The molecule has 1 saturated carbocycles. The number of halogens is 1. The van der Waals surface area contributed by atoms with Crippen LogP contribution in [0.25, 0.3) is 11.2 Å². The van der Waals surface area contributed by atoms with Crippen LogP contribution in [-0.2, 0) is 23.4 Å². The van der Waals surface area contributed by atoms with Crippen molar-refractivity contribution in [2.75, 3.05) is 0 Å². The molecule has 1 aliphatic carbocycles. The van der Waals surface area contributed by atoms with Gasteiger partial charge in [0.1, 0.15) is 48.1 Å².